The van der Waals surface area contributed by atoms with Crippen LogP contribution < -0.4 is 0 Å². The van der Waals surface area contributed by atoms with E-state index in [2.05, 4.69) is 9.97 Å². The predicted molar refractivity (Wildman–Crippen MR) is 38.4 cm³/mol. The minimum atomic E-state index is 0.383. The lowest BCUT2D eigenvalue weighted by Crippen LogP contribution is -1.91. The molecule has 54 valence electrons. The highest BCUT2D eigenvalue weighted by Crippen LogP contribution is 1.99. The van der Waals surface area contributed by atoms with Crippen molar-refractivity contribution in [3.05, 3.63) is 30.5 Å². The topological polar surface area (TPSA) is 47.3 Å². The molecule has 2 aromatic rings. The lowest BCUT2D eigenvalue weighted by Gasteiger charge is -1.90. The first-order valence-electron chi connectivity index (χ1n) is 3.15. The summed E-state index contributed by atoms with van der Waals surface area (Å²) in [4.78, 5) is 18.2. The lowest BCUT2D eigenvalue weighted by atomic mass is 10.6. The van der Waals surface area contributed by atoms with Crippen molar-refractivity contribution in [3.8, 4) is 0 Å². The molecule has 0 saturated carbocycles. The Kier molecular flexibility index (Phi) is 1.18. The average Bonchev–Trinajstić information content (AvgIpc) is 2.47. The van der Waals surface area contributed by atoms with Gasteiger partial charge in [-0.3, -0.25) is 9.20 Å². The molecule has 0 radical (unpaired) electrons. The molecule has 0 amide bonds. The zero-order valence-corrected chi connectivity index (χ0v) is 5.64. The van der Waals surface area contributed by atoms with E-state index in [-0.39, 0.29) is 0 Å². The Morgan fingerprint density at radius 3 is 3.18 bits per heavy atom. The first kappa shape index (κ1) is 6.03. The van der Waals surface area contributed by atoms with Crippen molar-refractivity contribution >= 4 is 11.9 Å². The van der Waals surface area contributed by atoms with Gasteiger partial charge in [0.1, 0.15) is 0 Å². The molecular weight excluding hydrogens is 142 g/mol. The summed E-state index contributed by atoms with van der Waals surface area (Å²) in [7, 11) is 0. The fourth-order valence-corrected chi connectivity index (χ4v) is 0.945. The first-order chi connectivity index (χ1) is 5.42. The van der Waals surface area contributed by atoms with Crippen molar-refractivity contribution in [2.75, 3.05) is 0 Å². The summed E-state index contributed by atoms with van der Waals surface area (Å²) in [6, 6.07) is 1.75. The molecule has 0 aliphatic carbocycles. The van der Waals surface area contributed by atoms with Crippen LogP contribution in [0.5, 0.6) is 0 Å². The van der Waals surface area contributed by atoms with Crippen LogP contribution in [0.2, 0.25) is 0 Å². The SMILES string of the molecule is O=Cc1ncc2ncccn12. The molecule has 4 nitrogen and oxygen atoms in total. The molecule has 2 rings (SSSR count). The van der Waals surface area contributed by atoms with Gasteiger partial charge in [0.25, 0.3) is 0 Å². The molecule has 0 atom stereocenters. The lowest BCUT2D eigenvalue weighted by molar-refractivity contribution is 0.111. The smallest absolute Gasteiger partial charge is 0.185 e. The van der Waals surface area contributed by atoms with Crippen molar-refractivity contribution in [2.45, 2.75) is 0 Å². The predicted octanol–water partition coefficient (Wildman–Crippen LogP) is 0.542. The third-order valence-corrected chi connectivity index (χ3v) is 1.44. The molecule has 2 heterocycles. The largest absolute Gasteiger partial charge is 0.294 e. The van der Waals surface area contributed by atoms with E-state index in [4.69, 9.17) is 0 Å². The maximum Gasteiger partial charge on any atom is 0.185 e. The molecular formula is C7H5N3O. The van der Waals surface area contributed by atoms with E-state index in [1.807, 2.05) is 0 Å². The van der Waals surface area contributed by atoms with Gasteiger partial charge >= 0.3 is 0 Å². The minimum Gasteiger partial charge on any atom is -0.294 e. The van der Waals surface area contributed by atoms with Gasteiger partial charge in [-0.15, -0.1) is 0 Å². The van der Waals surface area contributed by atoms with Crippen LogP contribution in [0.1, 0.15) is 10.6 Å². The normalized spacial score (nSPS) is 10.2. The van der Waals surface area contributed by atoms with Crippen molar-refractivity contribution < 1.29 is 4.79 Å². The number of aldehydes is 1. The Morgan fingerprint density at radius 1 is 1.45 bits per heavy atom. The van der Waals surface area contributed by atoms with E-state index in [0.717, 1.165) is 0 Å². The standard InChI is InChI=1S/C7H5N3O/c11-5-7-9-4-6-8-2-1-3-10(6)7/h1-5H. The minimum absolute atomic E-state index is 0.383. The zero-order valence-electron chi connectivity index (χ0n) is 5.64. The molecule has 0 fully saturated rings. The molecule has 2 aromatic heterocycles. The van der Waals surface area contributed by atoms with E-state index in [1.54, 1.807) is 29.1 Å². The van der Waals surface area contributed by atoms with Gasteiger partial charge in [-0.25, -0.2) is 9.97 Å². The van der Waals surface area contributed by atoms with Crippen LogP contribution in [0, 0.1) is 0 Å². The van der Waals surface area contributed by atoms with Crippen LogP contribution in [0.4, 0.5) is 0 Å². The summed E-state index contributed by atoms with van der Waals surface area (Å²) in [6.07, 6.45) is 5.67. The van der Waals surface area contributed by atoms with Gasteiger partial charge in [-0.1, -0.05) is 0 Å². The van der Waals surface area contributed by atoms with Crippen molar-refractivity contribution in [1.82, 2.24) is 14.4 Å². The van der Waals surface area contributed by atoms with Crippen LogP contribution in [-0.2, 0) is 0 Å². The molecule has 0 aliphatic rings. The van der Waals surface area contributed by atoms with Crippen molar-refractivity contribution in [3.63, 3.8) is 0 Å². The number of hydrogen-bond donors (Lipinski definition) is 0. The number of aromatic nitrogens is 3. The highest BCUT2D eigenvalue weighted by Gasteiger charge is 1.99. The zero-order chi connectivity index (χ0) is 7.68. The molecule has 0 N–H and O–H groups in total. The second kappa shape index (κ2) is 2.16. The number of rotatable bonds is 1. The molecule has 0 saturated heterocycles. The maximum absolute atomic E-state index is 10.4. The molecule has 0 bridgehead atoms. The number of nitrogens with zero attached hydrogens (tertiary/aromatic N) is 3. The Labute approximate surface area is 62.5 Å². The number of carbonyl (C=O) groups is 1. The maximum atomic E-state index is 10.4. The van der Waals surface area contributed by atoms with Crippen LogP contribution >= 0.6 is 0 Å². The number of carbonyl (C=O) groups excluding carboxylic acids is 1. The summed E-state index contributed by atoms with van der Waals surface area (Å²) in [5.41, 5.74) is 0.689. The second-order valence-electron chi connectivity index (χ2n) is 2.08. The summed E-state index contributed by atoms with van der Waals surface area (Å²) in [5.74, 6) is 0.383. The molecule has 0 aromatic carbocycles. The van der Waals surface area contributed by atoms with E-state index in [0.29, 0.717) is 17.8 Å². The summed E-state index contributed by atoms with van der Waals surface area (Å²) in [6.45, 7) is 0. The molecule has 0 aliphatic heterocycles. The van der Waals surface area contributed by atoms with E-state index in [1.165, 1.54) is 0 Å². The molecule has 0 spiro atoms. The van der Waals surface area contributed by atoms with Gasteiger partial charge in [0, 0.05) is 12.4 Å². The number of hydrogen-bond acceptors (Lipinski definition) is 3. The quantitative estimate of drug-likeness (QED) is 0.553. The van der Waals surface area contributed by atoms with Gasteiger partial charge in [-0.05, 0) is 6.07 Å². The van der Waals surface area contributed by atoms with Gasteiger partial charge in [0.2, 0.25) is 0 Å². The third kappa shape index (κ3) is 0.797. The number of fused-ring (bicyclic) bond motifs is 1. The summed E-state index contributed by atoms with van der Waals surface area (Å²) < 4.78 is 1.63. The highest BCUT2D eigenvalue weighted by atomic mass is 16.1. The second-order valence-corrected chi connectivity index (χ2v) is 2.08. The van der Waals surface area contributed by atoms with Crippen LogP contribution in [0.3, 0.4) is 0 Å². The van der Waals surface area contributed by atoms with Crippen LogP contribution in [-0.4, -0.2) is 20.7 Å². The van der Waals surface area contributed by atoms with Crippen LogP contribution in [0.25, 0.3) is 5.65 Å². The Bertz CT molecular complexity index is 393. The van der Waals surface area contributed by atoms with Gasteiger partial charge in [0.15, 0.2) is 17.8 Å². The fraction of sp³-hybridized carbons (Fsp3) is 0. The summed E-state index contributed by atoms with van der Waals surface area (Å²) in [5, 5.41) is 0. The van der Waals surface area contributed by atoms with E-state index < -0.39 is 0 Å². The molecule has 0 unspecified atom stereocenters. The van der Waals surface area contributed by atoms with Crippen LogP contribution in [0.15, 0.2) is 24.7 Å². The van der Waals surface area contributed by atoms with Crippen molar-refractivity contribution in [2.24, 2.45) is 0 Å². The molecule has 11 heavy (non-hydrogen) atoms. The number of imidazole rings is 1. The van der Waals surface area contributed by atoms with Gasteiger partial charge in [0.05, 0.1) is 6.20 Å². The Hall–Kier alpha value is -1.71. The third-order valence-electron chi connectivity index (χ3n) is 1.44. The van der Waals surface area contributed by atoms with E-state index >= 15 is 0 Å². The fourth-order valence-electron chi connectivity index (χ4n) is 0.945. The van der Waals surface area contributed by atoms with E-state index in [9.17, 15) is 4.79 Å². The average molecular weight is 147 g/mol. The van der Waals surface area contributed by atoms with Gasteiger partial charge < -0.3 is 0 Å². The highest BCUT2D eigenvalue weighted by molar-refractivity contribution is 5.71. The van der Waals surface area contributed by atoms with Crippen molar-refractivity contribution in [1.29, 1.82) is 0 Å². The Morgan fingerprint density at radius 2 is 2.36 bits per heavy atom. The Balaban J connectivity index is 2.86. The first-order valence-corrected chi connectivity index (χ1v) is 3.15. The monoisotopic (exact) mass is 147 g/mol. The molecule has 4 heteroatoms. The van der Waals surface area contributed by atoms with Gasteiger partial charge in [-0.2, -0.15) is 0 Å². The summed E-state index contributed by atoms with van der Waals surface area (Å²) >= 11 is 0.